The van der Waals surface area contributed by atoms with Crippen LogP contribution in [0.25, 0.3) is 0 Å². The van der Waals surface area contributed by atoms with E-state index < -0.39 is 0 Å². The van der Waals surface area contributed by atoms with Crippen molar-refractivity contribution in [2.45, 2.75) is 31.8 Å². The largest absolute Gasteiger partial charge is 0.491 e. The van der Waals surface area contributed by atoms with E-state index in [4.69, 9.17) is 21.1 Å². The first-order chi connectivity index (χ1) is 12.2. The van der Waals surface area contributed by atoms with Crippen molar-refractivity contribution in [2.24, 2.45) is 0 Å². The van der Waals surface area contributed by atoms with Crippen LogP contribution in [0.3, 0.4) is 0 Å². The third kappa shape index (κ3) is 5.48. The second kappa shape index (κ2) is 8.88. The molecule has 0 radical (unpaired) electrons. The van der Waals surface area contributed by atoms with Crippen LogP contribution in [0, 0.1) is 0 Å². The van der Waals surface area contributed by atoms with Crippen LogP contribution in [-0.4, -0.2) is 25.2 Å². The van der Waals surface area contributed by atoms with Gasteiger partial charge in [0, 0.05) is 29.8 Å². The van der Waals surface area contributed by atoms with Crippen molar-refractivity contribution >= 4 is 23.2 Å². The third-order valence-electron chi connectivity index (χ3n) is 4.16. The topological polar surface area (TPSA) is 47.6 Å². The lowest BCUT2D eigenvalue weighted by atomic mass is 10.1. The summed E-state index contributed by atoms with van der Waals surface area (Å²) in [7, 11) is 0. The summed E-state index contributed by atoms with van der Waals surface area (Å²) in [4.78, 5) is 12.2. The van der Waals surface area contributed by atoms with Crippen molar-refractivity contribution in [3.8, 4) is 5.75 Å². The Morgan fingerprint density at radius 1 is 1.24 bits per heavy atom. The van der Waals surface area contributed by atoms with E-state index in [-0.39, 0.29) is 12.0 Å². The fraction of sp³-hybridized carbons (Fsp3) is 0.350. The Kier molecular flexibility index (Phi) is 6.31. The molecule has 3 rings (SSSR count). The number of carbonyl (C=O) groups excluding carboxylic acids is 1. The molecule has 1 fully saturated rings. The highest BCUT2D eigenvalue weighted by molar-refractivity contribution is 6.31. The molecule has 0 aliphatic carbocycles. The Morgan fingerprint density at radius 2 is 2.12 bits per heavy atom. The number of benzene rings is 2. The molecule has 1 heterocycles. The highest BCUT2D eigenvalue weighted by Crippen LogP contribution is 2.21. The van der Waals surface area contributed by atoms with E-state index in [1.165, 1.54) is 0 Å². The molecule has 132 valence electrons. The first kappa shape index (κ1) is 17.8. The van der Waals surface area contributed by atoms with E-state index in [9.17, 15) is 4.79 Å². The number of anilines is 1. The number of hydrogen-bond donors (Lipinski definition) is 1. The molecule has 1 amide bonds. The number of carbonyl (C=O) groups is 1. The predicted octanol–water partition coefficient (Wildman–Crippen LogP) is 4.47. The molecule has 2 aromatic carbocycles. The molecular weight excluding hydrogens is 338 g/mol. The van der Waals surface area contributed by atoms with Gasteiger partial charge in [-0.1, -0.05) is 35.9 Å². The van der Waals surface area contributed by atoms with Gasteiger partial charge in [0.1, 0.15) is 12.4 Å². The molecule has 1 unspecified atom stereocenters. The van der Waals surface area contributed by atoms with E-state index in [1.54, 1.807) is 0 Å². The van der Waals surface area contributed by atoms with E-state index in [2.05, 4.69) is 5.32 Å². The number of nitrogens with one attached hydrogen (secondary N) is 1. The number of ether oxygens (including phenoxy) is 2. The van der Waals surface area contributed by atoms with E-state index in [0.717, 1.165) is 36.4 Å². The number of halogens is 1. The second-order valence-electron chi connectivity index (χ2n) is 6.11. The minimum Gasteiger partial charge on any atom is -0.491 e. The van der Waals surface area contributed by atoms with Crippen LogP contribution in [0.15, 0.2) is 48.5 Å². The smallest absolute Gasteiger partial charge is 0.224 e. The lowest BCUT2D eigenvalue weighted by Gasteiger charge is -2.12. The third-order valence-corrected chi connectivity index (χ3v) is 4.53. The number of rotatable bonds is 7. The van der Waals surface area contributed by atoms with Crippen LogP contribution in [0.5, 0.6) is 5.75 Å². The lowest BCUT2D eigenvalue weighted by molar-refractivity contribution is -0.116. The predicted molar refractivity (Wildman–Crippen MR) is 99.3 cm³/mol. The Labute approximate surface area is 153 Å². The maximum absolute atomic E-state index is 12.2. The number of hydrogen-bond acceptors (Lipinski definition) is 3. The quantitative estimate of drug-likeness (QED) is 0.793. The number of amides is 1. The molecule has 0 bridgehead atoms. The van der Waals surface area contributed by atoms with Gasteiger partial charge in [-0.05, 0) is 43.0 Å². The molecule has 1 aliphatic heterocycles. The monoisotopic (exact) mass is 359 g/mol. The van der Waals surface area contributed by atoms with Gasteiger partial charge in [0.2, 0.25) is 5.91 Å². The summed E-state index contributed by atoms with van der Waals surface area (Å²) in [6.07, 6.45) is 3.30. The molecule has 5 heteroatoms. The van der Waals surface area contributed by atoms with E-state index in [1.807, 2.05) is 48.5 Å². The van der Waals surface area contributed by atoms with Crippen LogP contribution in [0.4, 0.5) is 5.69 Å². The van der Waals surface area contributed by atoms with Crippen molar-refractivity contribution in [3.63, 3.8) is 0 Å². The van der Waals surface area contributed by atoms with Crippen molar-refractivity contribution < 1.29 is 14.3 Å². The number of aryl methyl sites for hydroxylation is 1. The Bertz CT molecular complexity index is 714. The molecule has 1 atom stereocenters. The normalized spacial score (nSPS) is 16.6. The SMILES string of the molecule is O=C(CCc1ccccc1Cl)Nc1cccc(OCC2CCCO2)c1. The first-order valence-corrected chi connectivity index (χ1v) is 8.96. The average molecular weight is 360 g/mol. The average Bonchev–Trinajstić information content (AvgIpc) is 3.13. The van der Waals surface area contributed by atoms with Gasteiger partial charge in [-0.15, -0.1) is 0 Å². The van der Waals surface area contributed by atoms with Crippen LogP contribution in [0.2, 0.25) is 5.02 Å². The van der Waals surface area contributed by atoms with E-state index >= 15 is 0 Å². The van der Waals surface area contributed by atoms with Crippen LogP contribution in [-0.2, 0) is 16.0 Å². The van der Waals surface area contributed by atoms with Gasteiger partial charge in [0.05, 0.1) is 6.10 Å². The summed E-state index contributed by atoms with van der Waals surface area (Å²) in [5.41, 5.74) is 1.71. The van der Waals surface area contributed by atoms with Crippen LogP contribution in [0.1, 0.15) is 24.8 Å². The molecule has 1 N–H and O–H groups in total. The fourth-order valence-electron chi connectivity index (χ4n) is 2.80. The molecular formula is C20H22ClNO3. The van der Waals surface area contributed by atoms with Gasteiger partial charge >= 0.3 is 0 Å². The molecule has 1 saturated heterocycles. The Balaban J connectivity index is 1.49. The Hall–Kier alpha value is -2.04. The molecule has 1 aliphatic rings. The van der Waals surface area contributed by atoms with Crippen LogP contribution < -0.4 is 10.1 Å². The molecule has 4 nitrogen and oxygen atoms in total. The zero-order valence-electron chi connectivity index (χ0n) is 14.0. The van der Waals surface area contributed by atoms with Crippen molar-refractivity contribution in [1.82, 2.24) is 0 Å². The molecule has 2 aromatic rings. The zero-order chi connectivity index (χ0) is 17.5. The van der Waals surface area contributed by atoms with Crippen molar-refractivity contribution in [1.29, 1.82) is 0 Å². The van der Waals surface area contributed by atoms with Crippen molar-refractivity contribution in [3.05, 3.63) is 59.1 Å². The standard InChI is InChI=1S/C20H22ClNO3/c21-19-9-2-1-5-15(19)10-11-20(23)22-16-6-3-7-17(13-16)25-14-18-8-4-12-24-18/h1-3,5-7,9,13,18H,4,8,10-12,14H2,(H,22,23). The van der Waals surface area contributed by atoms with Gasteiger partial charge in [0.15, 0.2) is 0 Å². The first-order valence-electron chi connectivity index (χ1n) is 8.58. The van der Waals surface area contributed by atoms with Crippen LogP contribution >= 0.6 is 11.6 Å². The molecule has 0 aromatic heterocycles. The van der Waals surface area contributed by atoms with Gasteiger partial charge in [-0.2, -0.15) is 0 Å². The molecule has 0 saturated carbocycles. The summed E-state index contributed by atoms with van der Waals surface area (Å²) in [6.45, 7) is 1.36. The van der Waals surface area contributed by atoms with Gasteiger partial charge in [-0.25, -0.2) is 0 Å². The maximum atomic E-state index is 12.2. The summed E-state index contributed by atoms with van der Waals surface area (Å²) in [5.74, 6) is 0.690. The molecule has 25 heavy (non-hydrogen) atoms. The van der Waals surface area contributed by atoms with Gasteiger partial charge < -0.3 is 14.8 Å². The van der Waals surface area contributed by atoms with Gasteiger partial charge in [-0.3, -0.25) is 4.79 Å². The van der Waals surface area contributed by atoms with E-state index in [0.29, 0.717) is 24.5 Å². The summed E-state index contributed by atoms with van der Waals surface area (Å²) in [5, 5.41) is 3.60. The second-order valence-corrected chi connectivity index (χ2v) is 6.52. The summed E-state index contributed by atoms with van der Waals surface area (Å²) in [6, 6.07) is 15.0. The minimum absolute atomic E-state index is 0.0452. The van der Waals surface area contributed by atoms with Crippen molar-refractivity contribution in [2.75, 3.05) is 18.5 Å². The highest BCUT2D eigenvalue weighted by atomic mass is 35.5. The Morgan fingerprint density at radius 3 is 2.92 bits per heavy atom. The highest BCUT2D eigenvalue weighted by Gasteiger charge is 2.16. The fourth-order valence-corrected chi connectivity index (χ4v) is 3.03. The molecule has 0 spiro atoms. The minimum atomic E-state index is -0.0452. The van der Waals surface area contributed by atoms with Gasteiger partial charge in [0.25, 0.3) is 0 Å². The summed E-state index contributed by atoms with van der Waals surface area (Å²) < 4.78 is 11.3. The summed E-state index contributed by atoms with van der Waals surface area (Å²) >= 11 is 6.12. The zero-order valence-corrected chi connectivity index (χ0v) is 14.8. The lowest BCUT2D eigenvalue weighted by Crippen LogP contribution is -2.16. The maximum Gasteiger partial charge on any atom is 0.224 e.